The molecule has 0 fully saturated rings. The van der Waals surface area contributed by atoms with E-state index in [2.05, 4.69) is 5.32 Å². The average molecular weight is 310 g/mol. The summed E-state index contributed by atoms with van der Waals surface area (Å²) in [5.74, 6) is -5.97. The van der Waals surface area contributed by atoms with Gasteiger partial charge < -0.3 is 10.4 Å². The highest BCUT2D eigenvalue weighted by molar-refractivity contribution is 5.95. The van der Waals surface area contributed by atoms with Gasteiger partial charge >= 0.3 is 0 Å². The molecule has 0 bridgehead atoms. The summed E-state index contributed by atoms with van der Waals surface area (Å²) in [6.45, 7) is 1.51. The first-order valence-corrected chi connectivity index (χ1v) is 6.24. The van der Waals surface area contributed by atoms with Crippen LogP contribution in [0.4, 0.5) is 20.2 Å². The summed E-state index contributed by atoms with van der Waals surface area (Å²) in [4.78, 5) is 22.1. The van der Waals surface area contributed by atoms with E-state index < -0.39 is 28.4 Å². The number of aliphatic hydroxyl groups excluding tert-OH is 1. The van der Waals surface area contributed by atoms with Crippen LogP contribution >= 0.6 is 0 Å². The number of anilines is 1. The molecule has 0 saturated carbocycles. The standard InChI is InChI=1S/C14H12F2N2O4/c1-8-6-9(2-3-11(8)18(21)22)17-13(20)10-4-5-14(15,16)7-12(10)19/h2-7,10,19H,1H3,(H,17,20). The minimum absolute atomic E-state index is 0.0991. The SMILES string of the molecule is Cc1cc(NC(=O)C2C=CC(F)(F)C=C2O)ccc1[N+](=O)[O-]. The zero-order chi connectivity index (χ0) is 16.5. The van der Waals surface area contributed by atoms with E-state index >= 15 is 0 Å². The van der Waals surface area contributed by atoms with Gasteiger partial charge in [0, 0.05) is 23.4 Å². The number of alkyl halides is 2. The Morgan fingerprint density at radius 2 is 2.14 bits per heavy atom. The molecule has 1 amide bonds. The Hall–Kier alpha value is -2.77. The van der Waals surface area contributed by atoms with Crippen molar-refractivity contribution in [1.82, 2.24) is 0 Å². The van der Waals surface area contributed by atoms with Gasteiger partial charge in [0.05, 0.1) is 4.92 Å². The van der Waals surface area contributed by atoms with Gasteiger partial charge in [-0.25, -0.2) is 0 Å². The Balaban J connectivity index is 2.15. The fourth-order valence-electron chi connectivity index (χ4n) is 2.04. The predicted molar refractivity (Wildman–Crippen MR) is 74.8 cm³/mol. The quantitative estimate of drug-likeness (QED) is 0.509. The number of halogens is 2. The van der Waals surface area contributed by atoms with Crippen molar-refractivity contribution in [2.24, 2.45) is 5.92 Å². The predicted octanol–water partition coefficient (Wildman–Crippen LogP) is 3.10. The Kier molecular flexibility index (Phi) is 3.94. The van der Waals surface area contributed by atoms with Crippen LogP contribution in [0.1, 0.15) is 5.56 Å². The molecular weight excluding hydrogens is 298 g/mol. The summed E-state index contributed by atoms with van der Waals surface area (Å²) < 4.78 is 25.9. The maximum Gasteiger partial charge on any atom is 0.288 e. The maximum atomic E-state index is 13.0. The van der Waals surface area contributed by atoms with E-state index in [-0.39, 0.29) is 11.4 Å². The number of hydrogen-bond donors (Lipinski definition) is 2. The first-order valence-electron chi connectivity index (χ1n) is 6.24. The van der Waals surface area contributed by atoms with Gasteiger partial charge in [-0.15, -0.1) is 0 Å². The summed E-state index contributed by atoms with van der Waals surface area (Å²) >= 11 is 0. The van der Waals surface area contributed by atoms with Gasteiger partial charge in [-0.1, -0.05) is 6.08 Å². The molecule has 2 rings (SSSR count). The summed E-state index contributed by atoms with van der Waals surface area (Å²) in [5, 5.41) is 22.6. The smallest absolute Gasteiger partial charge is 0.288 e. The molecule has 1 atom stereocenters. The van der Waals surface area contributed by atoms with E-state index in [0.29, 0.717) is 17.7 Å². The minimum Gasteiger partial charge on any atom is -0.511 e. The molecule has 0 radical (unpaired) electrons. The molecule has 1 aromatic carbocycles. The van der Waals surface area contributed by atoms with E-state index in [1.54, 1.807) is 0 Å². The number of carbonyl (C=O) groups is 1. The fraction of sp³-hybridized carbons (Fsp3) is 0.214. The van der Waals surface area contributed by atoms with Crippen LogP contribution in [-0.2, 0) is 4.79 Å². The van der Waals surface area contributed by atoms with Crippen molar-refractivity contribution in [1.29, 1.82) is 0 Å². The number of nitrogens with zero attached hydrogens (tertiary/aromatic N) is 1. The van der Waals surface area contributed by atoms with E-state index in [9.17, 15) is 28.8 Å². The van der Waals surface area contributed by atoms with Crippen LogP contribution in [0.2, 0.25) is 0 Å². The molecular formula is C14H12F2N2O4. The number of nitro benzene ring substituents is 1. The lowest BCUT2D eigenvalue weighted by atomic mass is 9.98. The number of hydrogen-bond acceptors (Lipinski definition) is 4. The molecule has 1 aromatic rings. The van der Waals surface area contributed by atoms with Gasteiger partial charge in [0.2, 0.25) is 5.91 Å². The first-order chi connectivity index (χ1) is 10.2. The van der Waals surface area contributed by atoms with Crippen LogP contribution in [0.3, 0.4) is 0 Å². The largest absolute Gasteiger partial charge is 0.511 e. The van der Waals surface area contributed by atoms with Crippen LogP contribution in [0.15, 0.2) is 42.2 Å². The summed E-state index contributed by atoms with van der Waals surface area (Å²) in [5.41, 5.74) is 0.512. The highest BCUT2D eigenvalue weighted by atomic mass is 19.3. The highest BCUT2D eigenvalue weighted by Gasteiger charge is 2.33. The van der Waals surface area contributed by atoms with Crippen molar-refractivity contribution >= 4 is 17.3 Å². The van der Waals surface area contributed by atoms with E-state index in [1.165, 1.54) is 25.1 Å². The zero-order valence-electron chi connectivity index (χ0n) is 11.4. The van der Waals surface area contributed by atoms with Gasteiger partial charge in [-0.05, 0) is 25.1 Å². The van der Waals surface area contributed by atoms with Gasteiger partial charge in [0.25, 0.3) is 11.6 Å². The molecule has 0 saturated heterocycles. The number of nitrogens with one attached hydrogen (secondary N) is 1. The fourth-order valence-corrected chi connectivity index (χ4v) is 2.04. The van der Waals surface area contributed by atoms with Gasteiger partial charge in [0.15, 0.2) is 0 Å². The molecule has 1 unspecified atom stereocenters. The van der Waals surface area contributed by atoms with Gasteiger partial charge in [0.1, 0.15) is 11.7 Å². The third-order valence-corrected chi connectivity index (χ3v) is 3.11. The number of aryl methyl sites for hydroxylation is 1. The molecule has 0 aliphatic heterocycles. The molecule has 8 heteroatoms. The van der Waals surface area contributed by atoms with Crippen molar-refractivity contribution in [3.8, 4) is 0 Å². The van der Waals surface area contributed by atoms with Crippen molar-refractivity contribution in [3.05, 3.63) is 57.9 Å². The number of nitro groups is 1. The van der Waals surface area contributed by atoms with Crippen LogP contribution < -0.4 is 5.32 Å². The minimum atomic E-state index is -3.29. The first kappa shape index (κ1) is 15.6. The molecule has 1 aliphatic carbocycles. The van der Waals surface area contributed by atoms with Crippen molar-refractivity contribution in [2.45, 2.75) is 12.8 Å². The lowest BCUT2D eigenvalue weighted by Crippen LogP contribution is -2.27. The number of carbonyl (C=O) groups excluding carboxylic acids is 1. The van der Waals surface area contributed by atoms with Crippen LogP contribution in [-0.4, -0.2) is 21.9 Å². The summed E-state index contributed by atoms with van der Waals surface area (Å²) in [7, 11) is 0. The summed E-state index contributed by atoms with van der Waals surface area (Å²) in [6.07, 6.45) is 1.74. The Morgan fingerprint density at radius 1 is 1.45 bits per heavy atom. The number of allylic oxidation sites excluding steroid dienone is 2. The molecule has 22 heavy (non-hydrogen) atoms. The van der Waals surface area contributed by atoms with Crippen molar-refractivity contribution < 1.29 is 23.6 Å². The molecule has 6 nitrogen and oxygen atoms in total. The van der Waals surface area contributed by atoms with Crippen LogP contribution in [0.5, 0.6) is 0 Å². The Labute approximate surface area is 123 Å². The van der Waals surface area contributed by atoms with Crippen LogP contribution in [0.25, 0.3) is 0 Å². The molecule has 0 spiro atoms. The number of benzene rings is 1. The van der Waals surface area contributed by atoms with Gasteiger partial charge in [-0.3, -0.25) is 14.9 Å². The third-order valence-electron chi connectivity index (χ3n) is 3.11. The molecule has 1 aliphatic rings. The molecule has 0 heterocycles. The van der Waals surface area contributed by atoms with Crippen LogP contribution in [0, 0.1) is 23.0 Å². The number of rotatable bonds is 3. The van der Waals surface area contributed by atoms with E-state index in [0.717, 1.165) is 6.08 Å². The molecule has 0 aromatic heterocycles. The summed E-state index contributed by atoms with van der Waals surface area (Å²) in [6, 6.07) is 3.94. The zero-order valence-corrected chi connectivity index (χ0v) is 11.4. The van der Waals surface area contributed by atoms with Gasteiger partial charge in [-0.2, -0.15) is 8.78 Å². The second-order valence-corrected chi connectivity index (χ2v) is 4.83. The Bertz CT molecular complexity index is 698. The third kappa shape index (κ3) is 3.27. The van der Waals surface area contributed by atoms with Crippen molar-refractivity contribution in [2.75, 3.05) is 5.32 Å². The lowest BCUT2D eigenvalue weighted by molar-refractivity contribution is -0.385. The van der Waals surface area contributed by atoms with E-state index in [4.69, 9.17) is 0 Å². The maximum absolute atomic E-state index is 13.0. The van der Waals surface area contributed by atoms with E-state index in [1.807, 2.05) is 0 Å². The monoisotopic (exact) mass is 310 g/mol. The second-order valence-electron chi connectivity index (χ2n) is 4.83. The number of amides is 1. The molecule has 2 N–H and O–H groups in total. The molecule has 116 valence electrons. The second kappa shape index (κ2) is 5.55. The topological polar surface area (TPSA) is 92.5 Å². The average Bonchev–Trinajstić information content (AvgIpc) is 2.36. The van der Waals surface area contributed by atoms with Crippen molar-refractivity contribution in [3.63, 3.8) is 0 Å². The normalized spacial score (nSPS) is 19.4. The lowest BCUT2D eigenvalue weighted by Gasteiger charge is -2.19. The highest BCUT2D eigenvalue weighted by Crippen LogP contribution is 2.29. The Morgan fingerprint density at radius 3 is 2.68 bits per heavy atom. The number of aliphatic hydroxyl groups is 1.